The molecule has 4 rings (SSSR count). The quantitative estimate of drug-likeness (QED) is 0.190. The molecule has 2 heterocycles. The van der Waals surface area contributed by atoms with Crippen molar-refractivity contribution in [1.82, 2.24) is 14.9 Å². The molecule has 4 aromatic rings. The first kappa shape index (κ1) is 25.9. The van der Waals surface area contributed by atoms with Crippen molar-refractivity contribution in [1.29, 1.82) is 0 Å². The topological polar surface area (TPSA) is 73.0 Å². The van der Waals surface area contributed by atoms with Gasteiger partial charge in [0.1, 0.15) is 17.2 Å². The summed E-state index contributed by atoms with van der Waals surface area (Å²) in [4.78, 5) is 11.7. The molecule has 0 spiro atoms. The van der Waals surface area contributed by atoms with Crippen molar-refractivity contribution in [2.24, 2.45) is 0 Å². The SMILES string of the molecule is O=C(Nc1c(-c2c(F)cccc2Cl)noc1-c1cnn(-c2cccc(I)c2)c1C(F)(F)F)C(F)(F)F. The van der Waals surface area contributed by atoms with Gasteiger partial charge in [-0.3, -0.25) is 4.79 Å². The minimum Gasteiger partial charge on any atom is -0.353 e. The van der Waals surface area contributed by atoms with Crippen LogP contribution in [0.25, 0.3) is 28.3 Å². The van der Waals surface area contributed by atoms with Crippen LogP contribution in [0.2, 0.25) is 5.02 Å². The van der Waals surface area contributed by atoms with Gasteiger partial charge in [-0.2, -0.15) is 31.4 Å². The Labute approximate surface area is 215 Å². The molecule has 0 bridgehead atoms. The number of rotatable bonds is 4. The number of hydrogen-bond donors (Lipinski definition) is 1. The lowest BCUT2D eigenvalue weighted by Gasteiger charge is -2.13. The molecule has 36 heavy (non-hydrogen) atoms. The molecular formula is C21H9ClF7IN4O2. The van der Waals surface area contributed by atoms with E-state index in [1.165, 1.54) is 35.6 Å². The van der Waals surface area contributed by atoms with Crippen molar-refractivity contribution >= 4 is 45.8 Å². The molecule has 0 unspecified atom stereocenters. The highest BCUT2D eigenvalue weighted by molar-refractivity contribution is 14.1. The van der Waals surface area contributed by atoms with Crippen LogP contribution in [-0.4, -0.2) is 27.0 Å². The number of halogens is 9. The third-order valence-corrected chi connectivity index (χ3v) is 5.71. The van der Waals surface area contributed by atoms with E-state index in [9.17, 15) is 35.5 Å². The molecule has 0 aliphatic rings. The number of alkyl halides is 6. The van der Waals surface area contributed by atoms with E-state index in [2.05, 4.69) is 10.3 Å². The Kier molecular flexibility index (Phi) is 6.76. The van der Waals surface area contributed by atoms with Gasteiger partial charge in [0.2, 0.25) is 0 Å². The minimum atomic E-state index is -5.44. The summed E-state index contributed by atoms with van der Waals surface area (Å²) in [6.07, 6.45) is -9.86. The number of anilines is 1. The zero-order valence-corrected chi connectivity index (χ0v) is 20.1. The van der Waals surface area contributed by atoms with Crippen molar-refractivity contribution in [2.75, 3.05) is 5.32 Å². The van der Waals surface area contributed by atoms with E-state index in [0.717, 1.165) is 6.07 Å². The van der Waals surface area contributed by atoms with E-state index >= 15 is 0 Å². The predicted molar refractivity (Wildman–Crippen MR) is 122 cm³/mol. The molecule has 2 aromatic carbocycles. The monoisotopic (exact) mass is 644 g/mol. The molecule has 0 saturated carbocycles. The predicted octanol–water partition coefficient (Wildman–Crippen LogP) is 7.11. The van der Waals surface area contributed by atoms with Crippen LogP contribution in [0.1, 0.15) is 5.69 Å². The maximum absolute atomic E-state index is 14.5. The second-order valence-electron chi connectivity index (χ2n) is 7.08. The number of nitrogens with zero attached hydrogens (tertiary/aromatic N) is 3. The maximum Gasteiger partial charge on any atom is 0.471 e. The molecule has 0 aliphatic heterocycles. The minimum absolute atomic E-state index is 0.0155. The van der Waals surface area contributed by atoms with Gasteiger partial charge in [-0.25, -0.2) is 9.07 Å². The fourth-order valence-electron chi connectivity index (χ4n) is 3.26. The van der Waals surface area contributed by atoms with Crippen LogP contribution < -0.4 is 5.32 Å². The fourth-order valence-corrected chi connectivity index (χ4v) is 4.04. The summed E-state index contributed by atoms with van der Waals surface area (Å²) in [5.74, 6) is -4.57. The molecule has 0 fully saturated rings. The third-order valence-electron chi connectivity index (χ3n) is 4.72. The second kappa shape index (κ2) is 9.38. The molecule has 0 atom stereocenters. The van der Waals surface area contributed by atoms with Gasteiger partial charge in [-0.15, -0.1) is 0 Å². The molecule has 1 amide bonds. The van der Waals surface area contributed by atoms with Crippen LogP contribution in [0.3, 0.4) is 0 Å². The average molecular weight is 645 g/mol. The Hall–Kier alpha value is -3.14. The fraction of sp³-hybridized carbons (Fsp3) is 0.0952. The number of hydrogen-bond acceptors (Lipinski definition) is 4. The lowest BCUT2D eigenvalue weighted by atomic mass is 10.1. The number of aromatic nitrogens is 3. The molecule has 188 valence electrons. The maximum atomic E-state index is 14.5. The van der Waals surface area contributed by atoms with Crippen LogP contribution in [0.15, 0.2) is 53.2 Å². The highest BCUT2D eigenvalue weighted by atomic mass is 127. The Morgan fingerprint density at radius 2 is 1.78 bits per heavy atom. The van der Waals surface area contributed by atoms with Crippen LogP contribution >= 0.6 is 34.2 Å². The van der Waals surface area contributed by atoms with E-state index in [-0.39, 0.29) is 10.7 Å². The highest BCUT2D eigenvalue weighted by Gasteiger charge is 2.44. The van der Waals surface area contributed by atoms with E-state index < -0.39 is 58.0 Å². The van der Waals surface area contributed by atoms with E-state index in [1.54, 1.807) is 6.07 Å². The van der Waals surface area contributed by atoms with E-state index in [1.807, 2.05) is 22.6 Å². The number of carbonyl (C=O) groups is 1. The van der Waals surface area contributed by atoms with Crippen LogP contribution in [-0.2, 0) is 11.0 Å². The summed E-state index contributed by atoms with van der Waals surface area (Å²) in [6, 6.07) is 9.03. The highest BCUT2D eigenvalue weighted by Crippen LogP contribution is 2.45. The van der Waals surface area contributed by atoms with E-state index in [4.69, 9.17) is 16.1 Å². The van der Waals surface area contributed by atoms with Gasteiger partial charge in [0.15, 0.2) is 11.5 Å². The number of nitrogens with one attached hydrogen (secondary N) is 1. The summed E-state index contributed by atoms with van der Waals surface area (Å²) in [5, 5.41) is 8.27. The van der Waals surface area contributed by atoms with Gasteiger partial charge in [0.25, 0.3) is 0 Å². The van der Waals surface area contributed by atoms with Crippen molar-refractivity contribution in [3.8, 4) is 28.3 Å². The van der Waals surface area contributed by atoms with Crippen molar-refractivity contribution in [2.45, 2.75) is 12.4 Å². The van der Waals surface area contributed by atoms with Gasteiger partial charge in [0, 0.05) is 3.57 Å². The van der Waals surface area contributed by atoms with Gasteiger partial charge in [0.05, 0.1) is 28.0 Å². The largest absolute Gasteiger partial charge is 0.471 e. The van der Waals surface area contributed by atoms with Crippen molar-refractivity contribution in [3.63, 3.8) is 0 Å². The van der Waals surface area contributed by atoms with Crippen LogP contribution in [0.4, 0.5) is 36.4 Å². The number of carbonyl (C=O) groups excluding carboxylic acids is 1. The number of amides is 1. The lowest BCUT2D eigenvalue weighted by Crippen LogP contribution is -2.30. The summed E-state index contributed by atoms with van der Waals surface area (Å²) >= 11 is 7.84. The first-order valence-corrected chi connectivity index (χ1v) is 11.0. The molecule has 15 heteroatoms. The molecule has 6 nitrogen and oxygen atoms in total. The Morgan fingerprint density at radius 1 is 1.08 bits per heavy atom. The average Bonchev–Trinajstić information content (AvgIpc) is 3.37. The molecular weight excluding hydrogens is 636 g/mol. The van der Waals surface area contributed by atoms with Gasteiger partial charge >= 0.3 is 18.3 Å². The molecule has 0 saturated heterocycles. The first-order valence-electron chi connectivity index (χ1n) is 9.52. The summed E-state index contributed by atoms with van der Waals surface area (Å²) < 4.78 is 102. The third kappa shape index (κ3) is 4.91. The molecule has 1 N–H and O–H groups in total. The normalized spacial score (nSPS) is 12.1. The van der Waals surface area contributed by atoms with E-state index in [0.29, 0.717) is 14.4 Å². The Balaban J connectivity index is 1.99. The molecule has 0 aliphatic carbocycles. The summed E-state index contributed by atoms with van der Waals surface area (Å²) in [7, 11) is 0. The summed E-state index contributed by atoms with van der Waals surface area (Å²) in [6.45, 7) is 0. The number of benzene rings is 2. The zero-order chi connectivity index (χ0) is 26.4. The van der Waals surface area contributed by atoms with Crippen molar-refractivity contribution < 1.29 is 40.1 Å². The molecule has 2 aromatic heterocycles. The first-order chi connectivity index (χ1) is 16.8. The second-order valence-corrected chi connectivity index (χ2v) is 8.73. The molecule has 0 radical (unpaired) electrons. The van der Waals surface area contributed by atoms with Gasteiger partial charge < -0.3 is 9.84 Å². The standard InChI is InChI=1S/C21H9ClF7IN4O2/c22-12-5-2-6-13(23)14(12)15-16(32-19(35)21(27,28)29)17(36-33-15)11-8-31-34(18(11)20(24,25)26)10-4-1-3-9(30)7-10/h1-8H,(H,32,35). The lowest BCUT2D eigenvalue weighted by molar-refractivity contribution is -0.167. The smallest absolute Gasteiger partial charge is 0.353 e. The van der Waals surface area contributed by atoms with Crippen molar-refractivity contribution in [3.05, 3.63) is 68.8 Å². The Bertz CT molecular complexity index is 1440. The van der Waals surface area contributed by atoms with Crippen LogP contribution in [0, 0.1) is 9.39 Å². The van der Waals surface area contributed by atoms with Gasteiger partial charge in [-0.1, -0.05) is 28.9 Å². The Morgan fingerprint density at radius 3 is 2.39 bits per heavy atom. The van der Waals surface area contributed by atoms with Crippen LogP contribution in [0.5, 0.6) is 0 Å². The zero-order valence-electron chi connectivity index (χ0n) is 17.2. The summed E-state index contributed by atoms with van der Waals surface area (Å²) in [5.41, 5.74) is -4.62. The van der Waals surface area contributed by atoms with Gasteiger partial charge in [-0.05, 0) is 52.9 Å².